The minimum absolute atomic E-state index is 0.0109. The minimum atomic E-state index is -0.492. The summed E-state index contributed by atoms with van der Waals surface area (Å²) in [5.74, 6) is -0.0529. The molecule has 20 heavy (non-hydrogen) atoms. The lowest BCUT2D eigenvalue weighted by Gasteiger charge is -2.22. The number of amides is 2. The maximum atomic E-state index is 12.5. The largest absolute Gasteiger partial charge is 0.359 e. The molecule has 0 radical (unpaired) electrons. The number of likely N-dealkylation sites (tertiary alicyclic amines) is 1. The molecule has 1 saturated heterocycles. The van der Waals surface area contributed by atoms with Crippen molar-refractivity contribution in [3.63, 3.8) is 0 Å². The van der Waals surface area contributed by atoms with Crippen LogP contribution in [-0.4, -0.2) is 36.9 Å². The van der Waals surface area contributed by atoms with Crippen LogP contribution in [0.25, 0.3) is 0 Å². The fourth-order valence-electron chi connectivity index (χ4n) is 2.48. The van der Waals surface area contributed by atoms with E-state index in [1.165, 1.54) is 0 Å². The number of nitrogens with one attached hydrogen (secondary N) is 1. The van der Waals surface area contributed by atoms with Crippen molar-refractivity contribution in [1.82, 2.24) is 10.2 Å². The fourth-order valence-corrected chi connectivity index (χ4v) is 3.78. The zero-order valence-corrected chi connectivity index (χ0v) is 14.5. The molecule has 6 heteroatoms. The van der Waals surface area contributed by atoms with Crippen LogP contribution in [0.15, 0.2) is 27.1 Å². The molecule has 2 rings (SSSR count). The van der Waals surface area contributed by atoms with Crippen LogP contribution >= 0.6 is 31.9 Å². The van der Waals surface area contributed by atoms with Crippen molar-refractivity contribution in [2.24, 2.45) is 5.41 Å². The van der Waals surface area contributed by atoms with Gasteiger partial charge < -0.3 is 10.2 Å². The number of nitrogens with zero attached hydrogens (tertiary/aromatic N) is 1. The molecule has 1 atom stereocenters. The second-order valence-corrected chi connectivity index (χ2v) is 7.11. The lowest BCUT2D eigenvalue weighted by atomic mass is 9.89. The highest BCUT2D eigenvalue weighted by Crippen LogP contribution is 2.31. The van der Waals surface area contributed by atoms with Crippen LogP contribution in [-0.2, 0) is 4.79 Å². The third kappa shape index (κ3) is 3.06. The van der Waals surface area contributed by atoms with Crippen molar-refractivity contribution < 1.29 is 9.59 Å². The van der Waals surface area contributed by atoms with Gasteiger partial charge in [-0.15, -0.1) is 0 Å². The normalized spacial score (nSPS) is 21.9. The van der Waals surface area contributed by atoms with E-state index in [1.807, 2.05) is 13.0 Å². The third-order valence-corrected chi connectivity index (χ3v) is 4.56. The molecule has 2 amide bonds. The first kappa shape index (κ1) is 15.5. The first-order valence-electron chi connectivity index (χ1n) is 6.33. The molecule has 1 unspecified atom stereocenters. The van der Waals surface area contributed by atoms with Crippen molar-refractivity contribution in [2.75, 3.05) is 20.1 Å². The van der Waals surface area contributed by atoms with E-state index in [0.29, 0.717) is 25.1 Å². The third-order valence-electron chi connectivity index (χ3n) is 3.65. The molecule has 1 heterocycles. The molecule has 0 saturated carbocycles. The highest BCUT2D eigenvalue weighted by Gasteiger charge is 2.41. The Hall–Kier alpha value is -0.880. The fraction of sp³-hybridized carbons (Fsp3) is 0.429. The van der Waals surface area contributed by atoms with Gasteiger partial charge in [-0.25, -0.2) is 0 Å². The first-order valence-corrected chi connectivity index (χ1v) is 7.92. The van der Waals surface area contributed by atoms with Crippen LogP contribution < -0.4 is 5.32 Å². The van der Waals surface area contributed by atoms with Crippen molar-refractivity contribution in [3.8, 4) is 0 Å². The van der Waals surface area contributed by atoms with Crippen molar-refractivity contribution in [2.45, 2.75) is 13.3 Å². The maximum Gasteiger partial charge on any atom is 0.253 e. The first-order chi connectivity index (χ1) is 9.35. The van der Waals surface area contributed by atoms with Gasteiger partial charge in [0.2, 0.25) is 5.91 Å². The van der Waals surface area contributed by atoms with Gasteiger partial charge in [0, 0.05) is 34.6 Å². The Morgan fingerprint density at radius 2 is 1.85 bits per heavy atom. The van der Waals surface area contributed by atoms with E-state index in [2.05, 4.69) is 37.2 Å². The molecule has 1 aromatic rings. The standard InChI is InChI=1S/C14H16Br2N2O2/c1-14(13(20)17-2)3-4-18(8-14)12(19)9-5-10(15)7-11(16)6-9/h5-7H,3-4,8H2,1-2H3,(H,17,20). The molecule has 1 aromatic carbocycles. The van der Waals surface area contributed by atoms with E-state index in [0.717, 1.165) is 8.95 Å². The highest BCUT2D eigenvalue weighted by molar-refractivity contribution is 9.11. The Morgan fingerprint density at radius 1 is 1.25 bits per heavy atom. The summed E-state index contributed by atoms with van der Waals surface area (Å²) in [6.07, 6.45) is 0.688. The average Bonchev–Trinajstić information content (AvgIpc) is 2.79. The van der Waals surface area contributed by atoms with Gasteiger partial charge in [-0.3, -0.25) is 9.59 Å². The van der Waals surface area contributed by atoms with Gasteiger partial charge in [-0.2, -0.15) is 0 Å². The molecular formula is C14H16Br2N2O2. The molecule has 1 aliphatic rings. The van der Waals surface area contributed by atoms with E-state index in [4.69, 9.17) is 0 Å². The van der Waals surface area contributed by atoms with Gasteiger partial charge in [0.25, 0.3) is 5.91 Å². The number of hydrogen-bond donors (Lipinski definition) is 1. The predicted molar refractivity (Wildman–Crippen MR) is 84.5 cm³/mol. The Bertz CT molecular complexity index is 542. The molecular weight excluding hydrogens is 388 g/mol. The molecule has 1 N–H and O–H groups in total. The van der Waals surface area contributed by atoms with E-state index < -0.39 is 5.41 Å². The van der Waals surface area contributed by atoms with Crippen molar-refractivity contribution in [3.05, 3.63) is 32.7 Å². The zero-order valence-electron chi connectivity index (χ0n) is 11.4. The van der Waals surface area contributed by atoms with Crippen molar-refractivity contribution in [1.29, 1.82) is 0 Å². The SMILES string of the molecule is CNC(=O)C1(C)CCN(C(=O)c2cc(Br)cc(Br)c2)C1. The Balaban J connectivity index is 2.17. The summed E-state index contributed by atoms with van der Waals surface area (Å²) in [5.41, 5.74) is 0.126. The zero-order chi connectivity index (χ0) is 14.9. The second-order valence-electron chi connectivity index (χ2n) is 5.27. The molecule has 0 bridgehead atoms. The van der Waals surface area contributed by atoms with Crippen LogP contribution in [0.1, 0.15) is 23.7 Å². The monoisotopic (exact) mass is 402 g/mol. The molecule has 0 aromatic heterocycles. The van der Waals surface area contributed by atoms with Gasteiger partial charge in [0.05, 0.1) is 5.41 Å². The van der Waals surface area contributed by atoms with Crippen LogP contribution in [0, 0.1) is 5.41 Å². The lowest BCUT2D eigenvalue weighted by molar-refractivity contribution is -0.128. The number of carbonyl (C=O) groups is 2. The lowest BCUT2D eigenvalue weighted by Crippen LogP contribution is -2.40. The predicted octanol–water partition coefficient (Wildman–Crippen LogP) is 2.81. The van der Waals surface area contributed by atoms with Crippen LogP contribution in [0.5, 0.6) is 0 Å². The van der Waals surface area contributed by atoms with E-state index in [9.17, 15) is 9.59 Å². The Morgan fingerprint density at radius 3 is 2.40 bits per heavy atom. The van der Waals surface area contributed by atoms with Gasteiger partial charge >= 0.3 is 0 Å². The van der Waals surface area contributed by atoms with Gasteiger partial charge in [0.15, 0.2) is 0 Å². The molecule has 1 fully saturated rings. The highest BCUT2D eigenvalue weighted by atomic mass is 79.9. The quantitative estimate of drug-likeness (QED) is 0.825. The van der Waals surface area contributed by atoms with Crippen LogP contribution in [0.3, 0.4) is 0 Å². The van der Waals surface area contributed by atoms with Crippen LogP contribution in [0.2, 0.25) is 0 Å². The molecule has 0 spiro atoms. The summed E-state index contributed by atoms with van der Waals surface area (Å²) in [5, 5.41) is 2.67. The maximum absolute atomic E-state index is 12.5. The number of rotatable bonds is 2. The summed E-state index contributed by atoms with van der Waals surface area (Å²) in [7, 11) is 1.63. The van der Waals surface area contributed by atoms with Crippen LogP contribution in [0.4, 0.5) is 0 Å². The molecule has 0 aliphatic carbocycles. The number of benzene rings is 1. The number of halogens is 2. The summed E-state index contributed by atoms with van der Waals surface area (Å²) in [6, 6.07) is 5.47. The summed E-state index contributed by atoms with van der Waals surface area (Å²) >= 11 is 6.76. The second kappa shape index (κ2) is 5.85. The summed E-state index contributed by atoms with van der Waals surface area (Å²) in [6.45, 7) is 2.96. The smallest absolute Gasteiger partial charge is 0.253 e. The molecule has 1 aliphatic heterocycles. The topological polar surface area (TPSA) is 49.4 Å². The molecule has 4 nitrogen and oxygen atoms in total. The molecule has 108 valence electrons. The van der Waals surface area contributed by atoms with Gasteiger partial charge in [-0.05, 0) is 31.5 Å². The van der Waals surface area contributed by atoms with Gasteiger partial charge in [0.1, 0.15) is 0 Å². The van der Waals surface area contributed by atoms with E-state index >= 15 is 0 Å². The Kier molecular flexibility index (Phi) is 4.54. The number of carbonyl (C=O) groups excluding carboxylic acids is 2. The van der Waals surface area contributed by atoms with E-state index in [-0.39, 0.29) is 11.8 Å². The van der Waals surface area contributed by atoms with Gasteiger partial charge in [-0.1, -0.05) is 31.9 Å². The van der Waals surface area contributed by atoms with E-state index in [1.54, 1.807) is 24.1 Å². The van der Waals surface area contributed by atoms with Crippen molar-refractivity contribution >= 4 is 43.7 Å². The average molecular weight is 404 g/mol. The summed E-state index contributed by atoms with van der Waals surface area (Å²) in [4.78, 5) is 26.1. The number of hydrogen-bond acceptors (Lipinski definition) is 2. The minimum Gasteiger partial charge on any atom is -0.359 e. The summed E-state index contributed by atoms with van der Waals surface area (Å²) < 4.78 is 1.70. The Labute approximate surface area is 135 Å².